The van der Waals surface area contributed by atoms with E-state index in [-0.39, 0.29) is 6.04 Å². The molecule has 0 aliphatic carbocycles. The molecule has 104 valence electrons. The molecule has 1 aliphatic rings. The van der Waals surface area contributed by atoms with Gasteiger partial charge in [-0.25, -0.2) is 0 Å². The van der Waals surface area contributed by atoms with Crippen molar-refractivity contribution < 1.29 is 9.47 Å². The maximum atomic E-state index is 5.85. The predicted molar refractivity (Wildman–Crippen MR) is 78.8 cm³/mol. The number of benzene rings is 2. The molecule has 0 aromatic heterocycles. The molecule has 1 heterocycles. The fourth-order valence-electron chi connectivity index (χ4n) is 2.34. The highest BCUT2D eigenvalue weighted by atomic mass is 16.5. The maximum absolute atomic E-state index is 5.85. The van der Waals surface area contributed by atoms with Crippen LogP contribution in [0, 0.1) is 0 Å². The Hall–Kier alpha value is -1.84. The highest BCUT2D eigenvalue weighted by Gasteiger charge is 2.15. The van der Waals surface area contributed by atoms with Crippen molar-refractivity contribution in [2.75, 3.05) is 19.8 Å². The lowest BCUT2D eigenvalue weighted by atomic mass is 10.1. The van der Waals surface area contributed by atoms with Gasteiger partial charge in [0, 0.05) is 6.54 Å². The van der Waals surface area contributed by atoms with Gasteiger partial charge < -0.3 is 14.8 Å². The number of ether oxygens (including phenoxy) is 2. The van der Waals surface area contributed by atoms with Gasteiger partial charge in [-0.3, -0.25) is 0 Å². The van der Waals surface area contributed by atoms with Crippen molar-refractivity contribution in [2.24, 2.45) is 0 Å². The summed E-state index contributed by atoms with van der Waals surface area (Å²) in [6.07, 6.45) is 0. The van der Waals surface area contributed by atoms with E-state index in [2.05, 4.69) is 29.6 Å². The van der Waals surface area contributed by atoms with Gasteiger partial charge in [-0.05, 0) is 23.3 Å². The van der Waals surface area contributed by atoms with E-state index in [0.717, 1.165) is 25.5 Å². The van der Waals surface area contributed by atoms with Crippen molar-refractivity contribution in [1.29, 1.82) is 0 Å². The topological polar surface area (TPSA) is 30.5 Å². The lowest BCUT2D eigenvalue weighted by Gasteiger charge is -2.24. The first kappa shape index (κ1) is 13.2. The van der Waals surface area contributed by atoms with Crippen molar-refractivity contribution in [1.82, 2.24) is 5.32 Å². The van der Waals surface area contributed by atoms with Gasteiger partial charge in [0.05, 0.1) is 19.3 Å². The van der Waals surface area contributed by atoms with Gasteiger partial charge >= 0.3 is 0 Å². The van der Waals surface area contributed by atoms with Crippen LogP contribution in [0.1, 0.15) is 17.2 Å². The molecule has 1 atom stereocenters. The monoisotopic (exact) mass is 269 g/mol. The van der Waals surface area contributed by atoms with Gasteiger partial charge in [-0.1, -0.05) is 42.5 Å². The summed E-state index contributed by atoms with van der Waals surface area (Å²) in [5, 5.41) is 3.46. The molecule has 1 aliphatic heterocycles. The number of hydrogen-bond donors (Lipinski definition) is 1. The molecule has 20 heavy (non-hydrogen) atoms. The smallest absolute Gasteiger partial charge is 0.120 e. The Morgan fingerprint density at radius 1 is 1.10 bits per heavy atom. The first-order valence-electron chi connectivity index (χ1n) is 6.99. The second-order valence-electron chi connectivity index (χ2n) is 4.93. The van der Waals surface area contributed by atoms with Gasteiger partial charge in [0.15, 0.2) is 0 Å². The van der Waals surface area contributed by atoms with E-state index >= 15 is 0 Å². The Labute approximate surface area is 119 Å². The quantitative estimate of drug-likeness (QED) is 0.925. The molecule has 0 saturated carbocycles. The van der Waals surface area contributed by atoms with Crippen molar-refractivity contribution >= 4 is 0 Å². The highest BCUT2D eigenvalue weighted by molar-refractivity contribution is 5.31. The first-order chi connectivity index (χ1) is 9.92. The van der Waals surface area contributed by atoms with Crippen LogP contribution in [0.15, 0.2) is 54.6 Å². The lowest BCUT2D eigenvalue weighted by Crippen LogP contribution is -2.34. The summed E-state index contributed by atoms with van der Waals surface area (Å²) in [6, 6.07) is 18.7. The second kappa shape index (κ2) is 6.55. The molecule has 1 saturated heterocycles. The summed E-state index contributed by atoms with van der Waals surface area (Å²) in [6.45, 7) is 3.02. The van der Waals surface area contributed by atoms with E-state index in [1.165, 1.54) is 11.1 Å². The van der Waals surface area contributed by atoms with Crippen molar-refractivity contribution in [2.45, 2.75) is 12.6 Å². The summed E-state index contributed by atoms with van der Waals surface area (Å²) in [5.74, 6) is 0.902. The molecule has 3 heteroatoms. The van der Waals surface area contributed by atoms with E-state index < -0.39 is 0 Å². The summed E-state index contributed by atoms with van der Waals surface area (Å²) in [4.78, 5) is 0. The number of nitrogens with one attached hydrogen (secondary N) is 1. The Kier molecular flexibility index (Phi) is 4.31. The van der Waals surface area contributed by atoms with Gasteiger partial charge in [-0.2, -0.15) is 0 Å². The molecule has 2 aromatic carbocycles. The van der Waals surface area contributed by atoms with Gasteiger partial charge in [-0.15, -0.1) is 0 Å². The van der Waals surface area contributed by atoms with Crippen LogP contribution in [0.4, 0.5) is 0 Å². The molecular weight excluding hydrogens is 250 g/mol. The molecule has 3 nitrogen and oxygen atoms in total. The largest absolute Gasteiger partial charge is 0.489 e. The van der Waals surface area contributed by atoms with E-state index in [9.17, 15) is 0 Å². The molecular formula is C17H19NO2. The molecule has 1 N–H and O–H groups in total. The molecule has 1 fully saturated rings. The van der Waals surface area contributed by atoms with Crippen molar-refractivity contribution in [3.8, 4) is 5.75 Å². The summed E-state index contributed by atoms with van der Waals surface area (Å²) >= 11 is 0. The zero-order valence-corrected chi connectivity index (χ0v) is 11.4. The minimum absolute atomic E-state index is 0.268. The average Bonchev–Trinajstić information content (AvgIpc) is 2.55. The van der Waals surface area contributed by atoms with Crippen LogP contribution in [0.5, 0.6) is 5.75 Å². The first-order valence-corrected chi connectivity index (χ1v) is 6.99. The maximum Gasteiger partial charge on any atom is 0.120 e. The van der Waals surface area contributed by atoms with Gasteiger partial charge in [0.1, 0.15) is 12.4 Å². The van der Waals surface area contributed by atoms with Crippen LogP contribution in [0.3, 0.4) is 0 Å². The van der Waals surface area contributed by atoms with Crippen LogP contribution in [-0.4, -0.2) is 19.8 Å². The van der Waals surface area contributed by atoms with Crippen LogP contribution in [0.2, 0.25) is 0 Å². The number of morpholine rings is 1. The number of hydrogen-bond acceptors (Lipinski definition) is 3. The molecule has 0 spiro atoms. The van der Waals surface area contributed by atoms with Crippen LogP contribution < -0.4 is 10.1 Å². The second-order valence-corrected chi connectivity index (χ2v) is 4.93. The van der Waals surface area contributed by atoms with Crippen LogP contribution in [-0.2, 0) is 11.3 Å². The van der Waals surface area contributed by atoms with E-state index in [0.29, 0.717) is 6.61 Å². The third-order valence-corrected chi connectivity index (χ3v) is 3.43. The van der Waals surface area contributed by atoms with Crippen molar-refractivity contribution in [3.63, 3.8) is 0 Å². The molecule has 0 bridgehead atoms. The molecule has 0 radical (unpaired) electrons. The predicted octanol–water partition coefficient (Wildman–Crippen LogP) is 2.93. The molecule has 2 aromatic rings. The zero-order valence-electron chi connectivity index (χ0n) is 11.4. The fraction of sp³-hybridized carbons (Fsp3) is 0.294. The fourth-order valence-corrected chi connectivity index (χ4v) is 2.34. The lowest BCUT2D eigenvalue weighted by molar-refractivity contribution is 0.0768. The van der Waals surface area contributed by atoms with Gasteiger partial charge in [0.25, 0.3) is 0 Å². The SMILES string of the molecule is c1ccc(COc2cccc([C@@H]3COCCN3)c2)cc1. The summed E-state index contributed by atoms with van der Waals surface area (Å²) < 4.78 is 11.4. The third-order valence-electron chi connectivity index (χ3n) is 3.43. The molecule has 0 unspecified atom stereocenters. The molecule has 3 rings (SSSR count). The Morgan fingerprint density at radius 2 is 2.00 bits per heavy atom. The highest BCUT2D eigenvalue weighted by Crippen LogP contribution is 2.21. The minimum Gasteiger partial charge on any atom is -0.489 e. The standard InChI is InChI=1S/C17H19NO2/c1-2-5-14(6-3-1)12-20-16-8-4-7-15(11-16)17-13-19-10-9-18-17/h1-8,11,17-18H,9-10,12-13H2/t17-/m0/s1. The molecule has 0 amide bonds. The van der Waals surface area contributed by atoms with Gasteiger partial charge in [0.2, 0.25) is 0 Å². The minimum atomic E-state index is 0.268. The normalized spacial score (nSPS) is 18.7. The summed E-state index contributed by atoms with van der Waals surface area (Å²) in [5.41, 5.74) is 2.40. The van der Waals surface area contributed by atoms with Crippen LogP contribution in [0.25, 0.3) is 0 Å². The van der Waals surface area contributed by atoms with E-state index in [4.69, 9.17) is 9.47 Å². The number of rotatable bonds is 4. The average molecular weight is 269 g/mol. The Bertz CT molecular complexity index is 536. The van der Waals surface area contributed by atoms with E-state index in [1.807, 2.05) is 30.3 Å². The van der Waals surface area contributed by atoms with Crippen molar-refractivity contribution in [3.05, 3.63) is 65.7 Å². The third kappa shape index (κ3) is 3.38. The Morgan fingerprint density at radius 3 is 2.80 bits per heavy atom. The van der Waals surface area contributed by atoms with Crippen LogP contribution >= 0.6 is 0 Å². The Balaban J connectivity index is 1.65. The summed E-state index contributed by atoms with van der Waals surface area (Å²) in [7, 11) is 0. The van der Waals surface area contributed by atoms with E-state index in [1.54, 1.807) is 0 Å². The zero-order chi connectivity index (χ0) is 13.6.